The summed E-state index contributed by atoms with van der Waals surface area (Å²) >= 11 is 0. The Kier molecular flexibility index (Phi) is 3.98. The highest BCUT2D eigenvalue weighted by Gasteiger charge is 2.36. The molecule has 1 saturated heterocycles. The molecule has 17 heavy (non-hydrogen) atoms. The fraction of sp³-hybridized carbons (Fsp3) is 0.818. The second-order valence-electron chi connectivity index (χ2n) is 5.19. The molecule has 4 N–H and O–H groups in total. The molecule has 1 aliphatic heterocycles. The zero-order valence-corrected chi connectivity index (χ0v) is 10.6. The van der Waals surface area contributed by atoms with E-state index in [1.165, 1.54) is 0 Å². The van der Waals surface area contributed by atoms with E-state index in [0.29, 0.717) is 6.54 Å². The fourth-order valence-corrected chi connectivity index (χ4v) is 1.71. The van der Waals surface area contributed by atoms with Crippen LogP contribution in [0.15, 0.2) is 5.16 Å². The molecule has 1 amide bonds. The predicted octanol–water partition coefficient (Wildman–Crippen LogP) is 0.444. The van der Waals surface area contributed by atoms with Crippen LogP contribution >= 0.6 is 0 Å². The van der Waals surface area contributed by atoms with E-state index in [9.17, 15) is 4.79 Å². The molecule has 6 nitrogen and oxygen atoms in total. The minimum atomic E-state index is -1.02. The van der Waals surface area contributed by atoms with E-state index in [0.717, 1.165) is 19.4 Å². The average molecular weight is 243 g/mol. The van der Waals surface area contributed by atoms with E-state index in [4.69, 9.17) is 15.7 Å². The predicted molar refractivity (Wildman–Crippen MR) is 63.8 cm³/mol. The van der Waals surface area contributed by atoms with Crippen molar-refractivity contribution < 1.29 is 14.7 Å². The molecular formula is C11H21N3O3. The van der Waals surface area contributed by atoms with Gasteiger partial charge in [0.2, 0.25) is 5.91 Å². The maximum Gasteiger partial charge on any atom is 0.233 e. The molecule has 1 atom stereocenters. The van der Waals surface area contributed by atoms with E-state index in [2.05, 4.69) is 10.5 Å². The van der Waals surface area contributed by atoms with Crippen LogP contribution in [0.1, 0.15) is 33.6 Å². The lowest BCUT2D eigenvalue weighted by molar-refractivity contribution is -0.127. The van der Waals surface area contributed by atoms with Crippen molar-refractivity contribution in [2.75, 3.05) is 13.2 Å². The first kappa shape index (κ1) is 13.8. The Morgan fingerprint density at radius 1 is 1.65 bits per heavy atom. The van der Waals surface area contributed by atoms with Gasteiger partial charge in [0.1, 0.15) is 5.41 Å². The molecule has 6 heteroatoms. The Hall–Kier alpha value is -1.30. The highest BCUT2D eigenvalue weighted by atomic mass is 16.5. The first-order chi connectivity index (χ1) is 7.82. The van der Waals surface area contributed by atoms with Crippen LogP contribution < -0.4 is 11.1 Å². The molecule has 1 rings (SSSR count). The zero-order valence-electron chi connectivity index (χ0n) is 10.6. The largest absolute Gasteiger partial charge is 0.409 e. The first-order valence-electron chi connectivity index (χ1n) is 5.72. The first-order valence-corrected chi connectivity index (χ1v) is 5.72. The topological polar surface area (TPSA) is 96.9 Å². The third kappa shape index (κ3) is 3.09. The summed E-state index contributed by atoms with van der Waals surface area (Å²) in [6.07, 6.45) is 1.94. The zero-order chi connectivity index (χ0) is 13.1. The number of hydrogen-bond donors (Lipinski definition) is 3. The number of ether oxygens (including phenoxy) is 1. The van der Waals surface area contributed by atoms with Crippen molar-refractivity contribution in [3.8, 4) is 0 Å². The average Bonchev–Trinajstić information content (AvgIpc) is 2.72. The van der Waals surface area contributed by atoms with Gasteiger partial charge in [-0.1, -0.05) is 5.16 Å². The number of nitrogens with one attached hydrogen (secondary N) is 1. The van der Waals surface area contributed by atoms with Gasteiger partial charge in [-0.05, 0) is 33.6 Å². The summed E-state index contributed by atoms with van der Waals surface area (Å²) in [5, 5.41) is 14.3. The number of amides is 1. The summed E-state index contributed by atoms with van der Waals surface area (Å²) in [5.74, 6) is -0.378. The van der Waals surface area contributed by atoms with E-state index in [1.807, 2.05) is 6.92 Å². The lowest BCUT2D eigenvalue weighted by atomic mass is 9.90. The fourth-order valence-electron chi connectivity index (χ4n) is 1.71. The van der Waals surface area contributed by atoms with Crippen molar-refractivity contribution in [3.63, 3.8) is 0 Å². The summed E-state index contributed by atoms with van der Waals surface area (Å²) in [6, 6.07) is 0. The van der Waals surface area contributed by atoms with Gasteiger partial charge in [-0.25, -0.2) is 0 Å². The molecule has 0 spiro atoms. The smallest absolute Gasteiger partial charge is 0.233 e. The quantitative estimate of drug-likeness (QED) is 0.289. The second kappa shape index (κ2) is 4.91. The maximum absolute atomic E-state index is 11.9. The highest BCUT2D eigenvalue weighted by Crippen LogP contribution is 2.24. The van der Waals surface area contributed by atoms with E-state index in [-0.39, 0.29) is 17.3 Å². The van der Waals surface area contributed by atoms with Crippen LogP contribution in [0.3, 0.4) is 0 Å². The Morgan fingerprint density at radius 2 is 2.29 bits per heavy atom. The van der Waals surface area contributed by atoms with Crippen LogP contribution in [-0.4, -0.2) is 35.7 Å². The molecule has 1 fully saturated rings. The van der Waals surface area contributed by atoms with Gasteiger partial charge in [0.15, 0.2) is 5.84 Å². The second-order valence-corrected chi connectivity index (χ2v) is 5.19. The molecule has 0 radical (unpaired) electrons. The van der Waals surface area contributed by atoms with Gasteiger partial charge < -0.3 is 21.0 Å². The molecular weight excluding hydrogens is 222 g/mol. The number of carbonyl (C=O) groups excluding carboxylic acids is 1. The number of nitrogens with two attached hydrogens (primary N) is 1. The van der Waals surface area contributed by atoms with Gasteiger partial charge in [-0.15, -0.1) is 0 Å². The van der Waals surface area contributed by atoms with E-state index in [1.54, 1.807) is 13.8 Å². The molecule has 0 aromatic rings. The molecule has 98 valence electrons. The van der Waals surface area contributed by atoms with Crippen LogP contribution in [0, 0.1) is 5.41 Å². The molecule has 0 saturated carbocycles. The number of amidine groups is 1. The maximum atomic E-state index is 11.9. The number of hydrogen-bond acceptors (Lipinski definition) is 4. The lowest BCUT2D eigenvalue weighted by Crippen LogP contribution is -2.49. The Labute approximate surface area is 101 Å². The summed E-state index contributed by atoms with van der Waals surface area (Å²) in [5.41, 5.74) is 4.16. The molecule has 0 aromatic carbocycles. The summed E-state index contributed by atoms with van der Waals surface area (Å²) in [6.45, 7) is 6.35. The lowest BCUT2D eigenvalue weighted by Gasteiger charge is -2.27. The van der Waals surface area contributed by atoms with Crippen molar-refractivity contribution in [2.45, 2.75) is 39.2 Å². The standard InChI is InChI=1S/C11H21N3O3/c1-10(2,8(12)14-16)9(15)13-7-11(3)5-4-6-17-11/h16H,4-7H2,1-3H3,(H2,12,14)(H,13,15). The Morgan fingerprint density at radius 3 is 2.76 bits per heavy atom. The number of nitrogens with zero attached hydrogens (tertiary/aromatic N) is 1. The molecule has 0 aromatic heterocycles. The Bertz CT molecular complexity index is 320. The molecule has 1 unspecified atom stereocenters. The van der Waals surface area contributed by atoms with Crippen molar-refractivity contribution >= 4 is 11.7 Å². The number of rotatable bonds is 4. The van der Waals surface area contributed by atoms with Crippen molar-refractivity contribution in [3.05, 3.63) is 0 Å². The van der Waals surface area contributed by atoms with Crippen LogP contribution in [0.2, 0.25) is 0 Å². The van der Waals surface area contributed by atoms with Crippen molar-refractivity contribution in [1.29, 1.82) is 0 Å². The SMILES string of the molecule is CC1(CNC(=O)C(C)(C)C(N)=NO)CCCO1. The van der Waals surface area contributed by atoms with E-state index < -0.39 is 5.41 Å². The number of oxime groups is 1. The van der Waals surface area contributed by atoms with E-state index >= 15 is 0 Å². The summed E-state index contributed by atoms with van der Waals surface area (Å²) in [4.78, 5) is 11.9. The van der Waals surface area contributed by atoms with Crippen LogP contribution in [0.5, 0.6) is 0 Å². The summed E-state index contributed by atoms with van der Waals surface area (Å²) in [7, 11) is 0. The van der Waals surface area contributed by atoms with Gasteiger partial charge in [0.05, 0.1) is 5.60 Å². The van der Waals surface area contributed by atoms with Crippen LogP contribution in [-0.2, 0) is 9.53 Å². The monoisotopic (exact) mass is 243 g/mol. The van der Waals surface area contributed by atoms with Gasteiger partial charge >= 0.3 is 0 Å². The third-order valence-electron chi connectivity index (χ3n) is 3.24. The molecule has 1 aliphatic rings. The van der Waals surface area contributed by atoms with Crippen molar-refractivity contribution in [1.82, 2.24) is 5.32 Å². The summed E-state index contributed by atoms with van der Waals surface area (Å²) < 4.78 is 5.56. The Balaban J connectivity index is 2.55. The van der Waals surface area contributed by atoms with Gasteiger partial charge in [0.25, 0.3) is 0 Å². The molecule has 0 bridgehead atoms. The van der Waals surface area contributed by atoms with Gasteiger partial charge in [0, 0.05) is 13.2 Å². The minimum Gasteiger partial charge on any atom is -0.409 e. The molecule has 1 heterocycles. The van der Waals surface area contributed by atoms with Crippen LogP contribution in [0.25, 0.3) is 0 Å². The van der Waals surface area contributed by atoms with Gasteiger partial charge in [-0.3, -0.25) is 4.79 Å². The normalized spacial score (nSPS) is 25.9. The molecule has 0 aliphatic carbocycles. The highest BCUT2D eigenvalue weighted by molar-refractivity contribution is 6.05. The minimum absolute atomic E-state index is 0.104. The van der Waals surface area contributed by atoms with Crippen LogP contribution in [0.4, 0.5) is 0 Å². The van der Waals surface area contributed by atoms with Gasteiger partial charge in [-0.2, -0.15) is 0 Å². The third-order valence-corrected chi connectivity index (χ3v) is 3.24. The van der Waals surface area contributed by atoms with Crippen molar-refractivity contribution in [2.24, 2.45) is 16.3 Å². The number of carbonyl (C=O) groups is 1.